The Bertz CT molecular complexity index is 958. The van der Waals surface area contributed by atoms with Crippen LogP contribution in [0.15, 0.2) is 78.9 Å². The SMILES string of the molecule is O=C(COC(=O)c1cccc(OCc2ccccc2)c1)NCc1ccc(F)cc1. The molecule has 3 aromatic rings. The lowest BCUT2D eigenvalue weighted by Gasteiger charge is -2.09. The Morgan fingerprint density at radius 1 is 0.862 bits per heavy atom. The highest BCUT2D eigenvalue weighted by Crippen LogP contribution is 2.16. The maximum atomic E-state index is 12.9. The van der Waals surface area contributed by atoms with Crippen molar-refractivity contribution in [1.82, 2.24) is 5.32 Å². The first-order chi connectivity index (χ1) is 14.1. The Labute approximate surface area is 168 Å². The Balaban J connectivity index is 1.46. The summed E-state index contributed by atoms with van der Waals surface area (Å²) in [6, 6.07) is 22.0. The van der Waals surface area contributed by atoms with Crippen LogP contribution in [-0.2, 0) is 22.7 Å². The Morgan fingerprint density at radius 3 is 2.38 bits per heavy atom. The van der Waals surface area contributed by atoms with Gasteiger partial charge in [0.1, 0.15) is 18.2 Å². The summed E-state index contributed by atoms with van der Waals surface area (Å²) in [5.74, 6) is -0.876. The molecule has 0 spiro atoms. The minimum Gasteiger partial charge on any atom is -0.489 e. The molecule has 1 amide bonds. The topological polar surface area (TPSA) is 64.6 Å². The van der Waals surface area contributed by atoms with Crippen molar-refractivity contribution in [2.75, 3.05) is 6.61 Å². The molecule has 0 atom stereocenters. The molecule has 29 heavy (non-hydrogen) atoms. The fraction of sp³-hybridized carbons (Fsp3) is 0.130. The number of benzene rings is 3. The molecule has 148 valence electrons. The normalized spacial score (nSPS) is 10.2. The monoisotopic (exact) mass is 393 g/mol. The van der Waals surface area contributed by atoms with Crippen molar-refractivity contribution in [3.05, 3.63) is 101 Å². The van der Waals surface area contributed by atoms with Crippen LogP contribution in [0.4, 0.5) is 4.39 Å². The summed E-state index contributed by atoms with van der Waals surface area (Å²) in [5.41, 5.74) is 2.05. The highest BCUT2D eigenvalue weighted by atomic mass is 19.1. The highest BCUT2D eigenvalue weighted by Gasteiger charge is 2.11. The molecule has 0 radical (unpaired) electrons. The first-order valence-electron chi connectivity index (χ1n) is 9.05. The van der Waals surface area contributed by atoms with Crippen LogP contribution in [0.2, 0.25) is 0 Å². The summed E-state index contributed by atoms with van der Waals surface area (Å²) >= 11 is 0. The number of nitrogens with one attached hydrogen (secondary N) is 1. The number of amides is 1. The number of hydrogen-bond acceptors (Lipinski definition) is 4. The molecule has 0 aliphatic carbocycles. The zero-order valence-corrected chi connectivity index (χ0v) is 15.6. The number of esters is 1. The molecule has 0 aliphatic heterocycles. The minimum absolute atomic E-state index is 0.222. The number of rotatable bonds is 8. The molecule has 3 rings (SSSR count). The second-order valence-corrected chi connectivity index (χ2v) is 6.28. The van der Waals surface area contributed by atoms with Gasteiger partial charge in [-0.2, -0.15) is 0 Å². The lowest BCUT2D eigenvalue weighted by molar-refractivity contribution is -0.124. The van der Waals surface area contributed by atoms with E-state index >= 15 is 0 Å². The summed E-state index contributed by atoms with van der Waals surface area (Å²) < 4.78 is 23.6. The maximum absolute atomic E-state index is 12.9. The first-order valence-corrected chi connectivity index (χ1v) is 9.05. The number of hydrogen-bond donors (Lipinski definition) is 1. The van der Waals surface area contributed by atoms with Gasteiger partial charge in [0.25, 0.3) is 5.91 Å². The van der Waals surface area contributed by atoms with Crippen molar-refractivity contribution < 1.29 is 23.5 Å². The predicted molar refractivity (Wildman–Crippen MR) is 106 cm³/mol. The molecular formula is C23H20FNO4. The van der Waals surface area contributed by atoms with Gasteiger partial charge >= 0.3 is 5.97 Å². The standard InChI is InChI=1S/C23H20FNO4/c24-20-11-9-17(10-12-20)14-25-22(26)16-29-23(27)19-7-4-8-21(13-19)28-15-18-5-2-1-3-6-18/h1-13H,14-16H2,(H,25,26). The van der Waals surface area contributed by atoms with E-state index in [-0.39, 0.29) is 12.4 Å². The summed E-state index contributed by atoms with van der Waals surface area (Å²) in [7, 11) is 0. The number of halogens is 1. The van der Waals surface area contributed by atoms with Crippen LogP contribution < -0.4 is 10.1 Å². The van der Waals surface area contributed by atoms with Gasteiger partial charge in [-0.15, -0.1) is 0 Å². The van der Waals surface area contributed by atoms with Gasteiger partial charge in [0, 0.05) is 6.54 Å². The fourth-order valence-corrected chi connectivity index (χ4v) is 2.52. The first kappa shape index (κ1) is 20.1. The fourth-order valence-electron chi connectivity index (χ4n) is 2.52. The number of carbonyl (C=O) groups excluding carboxylic acids is 2. The minimum atomic E-state index is -0.618. The average molecular weight is 393 g/mol. The van der Waals surface area contributed by atoms with Crippen molar-refractivity contribution in [3.63, 3.8) is 0 Å². The van der Waals surface area contributed by atoms with Crippen LogP contribution in [0.3, 0.4) is 0 Å². The van der Waals surface area contributed by atoms with Crippen LogP contribution >= 0.6 is 0 Å². The van der Waals surface area contributed by atoms with Crippen LogP contribution in [-0.4, -0.2) is 18.5 Å². The van der Waals surface area contributed by atoms with Gasteiger partial charge in [0.15, 0.2) is 6.61 Å². The number of carbonyl (C=O) groups is 2. The Hall–Kier alpha value is -3.67. The molecule has 0 saturated heterocycles. The summed E-state index contributed by atoms with van der Waals surface area (Å²) in [5, 5.41) is 2.61. The number of ether oxygens (including phenoxy) is 2. The third-order valence-corrected chi connectivity index (χ3v) is 4.06. The van der Waals surface area contributed by atoms with Crippen LogP contribution in [0.1, 0.15) is 21.5 Å². The lowest BCUT2D eigenvalue weighted by Crippen LogP contribution is -2.28. The molecular weight excluding hydrogens is 373 g/mol. The lowest BCUT2D eigenvalue weighted by atomic mass is 10.2. The Morgan fingerprint density at radius 2 is 1.62 bits per heavy atom. The van der Waals surface area contributed by atoms with E-state index in [2.05, 4.69) is 5.32 Å². The van der Waals surface area contributed by atoms with Gasteiger partial charge < -0.3 is 14.8 Å². The second-order valence-electron chi connectivity index (χ2n) is 6.28. The molecule has 0 fully saturated rings. The van der Waals surface area contributed by atoms with Gasteiger partial charge in [-0.1, -0.05) is 48.5 Å². The van der Waals surface area contributed by atoms with E-state index < -0.39 is 18.5 Å². The van der Waals surface area contributed by atoms with E-state index in [1.165, 1.54) is 12.1 Å². The zero-order chi connectivity index (χ0) is 20.5. The van der Waals surface area contributed by atoms with Gasteiger partial charge in [0.2, 0.25) is 0 Å². The molecule has 0 aromatic heterocycles. The van der Waals surface area contributed by atoms with E-state index in [1.54, 1.807) is 36.4 Å². The second kappa shape index (κ2) is 10.0. The van der Waals surface area contributed by atoms with Crippen molar-refractivity contribution in [2.45, 2.75) is 13.2 Å². The average Bonchev–Trinajstić information content (AvgIpc) is 2.76. The van der Waals surface area contributed by atoms with E-state index in [4.69, 9.17) is 9.47 Å². The van der Waals surface area contributed by atoms with Crippen molar-refractivity contribution in [1.29, 1.82) is 0 Å². The third kappa shape index (κ3) is 6.46. The summed E-state index contributed by atoms with van der Waals surface area (Å²) in [6.45, 7) is 0.194. The molecule has 0 heterocycles. The van der Waals surface area contributed by atoms with Crippen molar-refractivity contribution >= 4 is 11.9 Å². The molecule has 0 bridgehead atoms. The van der Waals surface area contributed by atoms with Gasteiger partial charge in [-0.05, 0) is 41.5 Å². The quantitative estimate of drug-likeness (QED) is 0.590. The molecule has 6 heteroatoms. The van der Waals surface area contributed by atoms with Crippen LogP contribution in [0.25, 0.3) is 0 Å². The molecule has 5 nitrogen and oxygen atoms in total. The summed E-state index contributed by atoms with van der Waals surface area (Å²) in [4.78, 5) is 24.0. The van der Waals surface area contributed by atoms with E-state index in [0.29, 0.717) is 17.9 Å². The van der Waals surface area contributed by atoms with Crippen molar-refractivity contribution in [3.8, 4) is 5.75 Å². The van der Waals surface area contributed by atoms with Crippen molar-refractivity contribution in [2.24, 2.45) is 0 Å². The Kier molecular flexibility index (Phi) is 6.95. The van der Waals surface area contributed by atoms with Gasteiger partial charge in [0.05, 0.1) is 5.56 Å². The largest absolute Gasteiger partial charge is 0.489 e. The van der Waals surface area contributed by atoms with Crippen LogP contribution in [0, 0.1) is 5.82 Å². The molecule has 1 N–H and O–H groups in total. The van der Waals surface area contributed by atoms with Crippen LogP contribution in [0.5, 0.6) is 5.75 Å². The smallest absolute Gasteiger partial charge is 0.338 e. The van der Waals surface area contributed by atoms with Gasteiger partial charge in [-0.25, -0.2) is 9.18 Å². The highest BCUT2D eigenvalue weighted by molar-refractivity contribution is 5.91. The zero-order valence-electron chi connectivity index (χ0n) is 15.6. The molecule has 0 unspecified atom stereocenters. The van der Waals surface area contributed by atoms with E-state index in [0.717, 1.165) is 11.1 Å². The van der Waals surface area contributed by atoms with E-state index in [9.17, 15) is 14.0 Å². The van der Waals surface area contributed by atoms with E-state index in [1.807, 2.05) is 30.3 Å². The third-order valence-electron chi connectivity index (χ3n) is 4.06. The predicted octanol–water partition coefficient (Wildman–Crippen LogP) is 3.88. The maximum Gasteiger partial charge on any atom is 0.338 e. The molecule has 3 aromatic carbocycles. The molecule has 0 saturated carbocycles. The molecule has 0 aliphatic rings. The van der Waals surface area contributed by atoms with Gasteiger partial charge in [-0.3, -0.25) is 4.79 Å². The summed E-state index contributed by atoms with van der Waals surface area (Å²) in [6.07, 6.45) is 0.